The van der Waals surface area contributed by atoms with Crippen LogP contribution >= 0.6 is 22.9 Å². The molecule has 0 bridgehead atoms. The molecule has 0 saturated carbocycles. The number of imidazole rings is 1. The first-order chi connectivity index (χ1) is 12.4. The van der Waals surface area contributed by atoms with Gasteiger partial charge in [0.2, 0.25) is 0 Å². The first-order valence-corrected chi connectivity index (χ1v) is 9.19. The van der Waals surface area contributed by atoms with Gasteiger partial charge < -0.3 is 9.84 Å². The van der Waals surface area contributed by atoms with Gasteiger partial charge in [-0.1, -0.05) is 24.6 Å². The van der Waals surface area contributed by atoms with Crippen molar-refractivity contribution >= 4 is 40.3 Å². The molecule has 1 unspecified atom stereocenters. The molecule has 0 fully saturated rings. The molecule has 7 nitrogen and oxygen atoms in total. The van der Waals surface area contributed by atoms with E-state index in [1.54, 1.807) is 42.1 Å². The lowest BCUT2D eigenvalue weighted by atomic mass is 10.2. The fraction of sp³-hybridized carbons (Fsp3) is 0.294. The maximum atomic E-state index is 12.7. The van der Waals surface area contributed by atoms with Crippen molar-refractivity contribution in [2.45, 2.75) is 32.9 Å². The Labute approximate surface area is 158 Å². The third-order valence-corrected chi connectivity index (χ3v) is 5.05. The number of pyridine rings is 1. The Morgan fingerprint density at radius 1 is 1.46 bits per heavy atom. The van der Waals surface area contributed by atoms with Gasteiger partial charge in [-0.3, -0.25) is 4.79 Å². The summed E-state index contributed by atoms with van der Waals surface area (Å²) >= 11 is 7.14. The Balaban J connectivity index is 2.08. The van der Waals surface area contributed by atoms with Crippen molar-refractivity contribution in [2.75, 3.05) is 0 Å². The van der Waals surface area contributed by atoms with Crippen LogP contribution < -0.4 is 4.40 Å². The number of thiazole rings is 1. The minimum Gasteiger partial charge on any atom is -0.474 e. The lowest BCUT2D eigenvalue weighted by Crippen LogP contribution is -2.25. The molecule has 3 rings (SSSR count). The molecule has 0 aliphatic rings. The molecule has 3 aromatic rings. The Morgan fingerprint density at radius 2 is 2.23 bits per heavy atom. The number of carbonyl (C=O) groups excluding carboxylic acids is 2. The number of carbonyl (C=O) groups is 2. The van der Waals surface area contributed by atoms with Crippen LogP contribution in [0.15, 0.2) is 30.6 Å². The highest BCUT2D eigenvalue weighted by Crippen LogP contribution is 2.24. The number of nitrogens with zero attached hydrogens (tertiary/aromatic N) is 3. The second-order valence-electron chi connectivity index (χ2n) is 5.72. The largest absolute Gasteiger partial charge is 0.474 e. The molecule has 1 atom stereocenters. The summed E-state index contributed by atoms with van der Waals surface area (Å²) in [6.07, 6.45) is 3.40. The topological polar surface area (TPSA) is 85.5 Å². The molecule has 0 aromatic carbocycles. The van der Waals surface area contributed by atoms with Crippen LogP contribution in [0.4, 0.5) is 0 Å². The highest BCUT2D eigenvalue weighted by Gasteiger charge is 2.36. The molecule has 0 spiro atoms. The Bertz CT molecular complexity index is 982. The van der Waals surface area contributed by atoms with Crippen LogP contribution in [0.3, 0.4) is 0 Å². The van der Waals surface area contributed by atoms with Crippen LogP contribution in [0.2, 0.25) is 4.47 Å². The van der Waals surface area contributed by atoms with Gasteiger partial charge in [-0.2, -0.15) is 4.40 Å². The highest BCUT2D eigenvalue weighted by molar-refractivity contribution is 7.15. The van der Waals surface area contributed by atoms with E-state index in [-0.39, 0.29) is 24.2 Å². The molecule has 0 amide bonds. The van der Waals surface area contributed by atoms with Gasteiger partial charge in [0.15, 0.2) is 4.47 Å². The van der Waals surface area contributed by atoms with Crippen LogP contribution in [-0.2, 0) is 16.1 Å². The molecule has 0 aliphatic heterocycles. The van der Waals surface area contributed by atoms with Gasteiger partial charge in [-0.15, -0.1) is 11.3 Å². The number of ether oxygens (including phenoxy) is 1. The number of aromatic nitrogens is 3. The highest BCUT2D eigenvalue weighted by atomic mass is 35.5. The fourth-order valence-electron chi connectivity index (χ4n) is 2.50. The summed E-state index contributed by atoms with van der Waals surface area (Å²) in [5.41, 5.74) is 0.420. The van der Waals surface area contributed by atoms with Crippen molar-refractivity contribution in [3.8, 4) is 5.88 Å². The number of hydrogen-bond acceptors (Lipinski definition) is 6. The van der Waals surface area contributed by atoms with Crippen molar-refractivity contribution in [2.24, 2.45) is 0 Å². The summed E-state index contributed by atoms with van der Waals surface area (Å²) in [6.45, 7) is 3.78. The molecule has 1 N–H and O–H groups in total. The third kappa shape index (κ3) is 3.42. The van der Waals surface area contributed by atoms with E-state index in [0.29, 0.717) is 16.5 Å². The molecule has 9 heteroatoms. The molecule has 26 heavy (non-hydrogen) atoms. The average Bonchev–Trinajstić information content (AvgIpc) is 3.16. The summed E-state index contributed by atoms with van der Waals surface area (Å²) in [6, 6.07) is 5.22. The van der Waals surface area contributed by atoms with Crippen molar-refractivity contribution in [3.05, 3.63) is 45.6 Å². The van der Waals surface area contributed by atoms with E-state index in [0.717, 1.165) is 4.88 Å². The van der Waals surface area contributed by atoms with Gasteiger partial charge in [0.25, 0.3) is 11.3 Å². The van der Waals surface area contributed by atoms with E-state index >= 15 is 0 Å². The number of Topliss-reactive ketones (excluding diaryl/α,β-unsaturated/α-hetero) is 1. The van der Waals surface area contributed by atoms with Gasteiger partial charge in [-0.05, 0) is 19.4 Å². The standard InChI is InChI=1S/C17H16ClN3O4S/c1-3-10(2)25-16(24)14(22)13-15(23)20-7-5-4-6-12(20)21(13)9-11-8-19-17(18)26-11/h4-8,10H,3,9H2,1-2H3/p+1. The number of hydrogen-bond donors (Lipinski definition) is 1. The molecule has 3 aromatic heterocycles. The molecule has 0 radical (unpaired) electrons. The molecular weight excluding hydrogens is 378 g/mol. The van der Waals surface area contributed by atoms with Gasteiger partial charge in [0, 0.05) is 12.3 Å². The van der Waals surface area contributed by atoms with Crippen molar-refractivity contribution in [3.63, 3.8) is 0 Å². The smallest absolute Gasteiger partial charge is 0.384 e. The van der Waals surface area contributed by atoms with Crippen LogP contribution in [0.25, 0.3) is 5.65 Å². The van der Waals surface area contributed by atoms with Gasteiger partial charge in [0.1, 0.15) is 6.54 Å². The number of ketones is 1. The number of esters is 1. The summed E-state index contributed by atoms with van der Waals surface area (Å²) in [5, 5.41) is 10.5. The minimum atomic E-state index is -0.998. The number of fused-ring (bicyclic) bond motifs is 1. The van der Waals surface area contributed by atoms with Crippen molar-refractivity contribution < 1.29 is 23.8 Å². The summed E-state index contributed by atoms with van der Waals surface area (Å²) < 4.78 is 8.49. The lowest BCUT2D eigenvalue weighted by molar-refractivity contribution is -0.521. The second kappa shape index (κ2) is 7.43. The van der Waals surface area contributed by atoms with Crippen molar-refractivity contribution in [1.29, 1.82) is 0 Å². The first kappa shape index (κ1) is 18.3. The molecule has 0 aliphatic carbocycles. The number of rotatable bonds is 6. The average molecular weight is 395 g/mol. The van der Waals surface area contributed by atoms with E-state index in [4.69, 9.17) is 16.3 Å². The van der Waals surface area contributed by atoms with Crippen LogP contribution in [0.1, 0.15) is 35.6 Å². The summed E-state index contributed by atoms with van der Waals surface area (Å²) in [7, 11) is 0. The molecule has 136 valence electrons. The second-order valence-corrected chi connectivity index (χ2v) is 7.42. The van der Waals surface area contributed by atoms with Crippen LogP contribution in [0.5, 0.6) is 5.88 Å². The minimum absolute atomic E-state index is 0.131. The SMILES string of the molecule is CCC(C)OC(=O)C(=O)c1c(O)[n+]2ccccc2n1Cc1cnc(Cl)s1. The van der Waals surface area contributed by atoms with Gasteiger partial charge >= 0.3 is 17.6 Å². The van der Waals surface area contributed by atoms with E-state index < -0.39 is 11.8 Å². The fourth-order valence-corrected chi connectivity index (χ4v) is 3.46. The maximum Gasteiger partial charge on any atom is 0.384 e. The maximum absolute atomic E-state index is 12.7. The number of aromatic hydroxyl groups is 1. The third-order valence-electron chi connectivity index (χ3n) is 3.95. The lowest BCUT2D eigenvalue weighted by Gasteiger charge is -2.09. The van der Waals surface area contributed by atoms with Gasteiger partial charge in [-0.25, -0.2) is 14.3 Å². The summed E-state index contributed by atoms with van der Waals surface area (Å²) in [4.78, 5) is 29.7. The predicted molar refractivity (Wildman–Crippen MR) is 95.7 cm³/mol. The Hall–Kier alpha value is -2.45. The van der Waals surface area contributed by atoms with E-state index in [2.05, 4.69) is 4.98 Å². The Kier molecular flexibility index (Phi) is 5.24. The monoisotopic (exact) mass is 394 g/mol. The van der Waals surface area contributed by atoms with E-state index in [1.165, 1.54) is 15.7 Å². The zero-order valence-electron chi connectivity index (χ0n) is 14.2. The number of halogens is 1. The van der Waals surface area contributed by atoms with E-state index in [9.17, 15) is 14.7 Å². The van der Waals surface area contributed by atoms with E-state index in [1.807, 2.05) is 6.92 Å². The quantitative estimate of drug-likeness (QED) is 0.300. The molecule has 0 saturated heterocycles. The van der Waals surface area contributed by atoms with Gasteiger partial charge in [0.05, 0.1) is 17.2 Å². The zero-order valence-corrected chi connectivity index (χ0v) is 15.8. The van der Waals surface area contributed by atoms with Crippen LogP contribution in [0, 0.1) is 0 Å². The van der Waals surface area contributed by atoms with Crippen molar-refractivity contribution in [1.82, 2.24) is 9.55 Å². The predicted octanol–water partition coefficient (Wildman–Crippen LogP) is 2.62. The normalized spacial score (nSPS) is 12.3. The molecule has 3 heterocycles. The first-order valence-electron chi connectivity index (χ1n) is 7.99. The Morgan fingerprint density at radius 3 is 2.88 bits per heavy atom. The van der Waals surface area contributed by atoms with Crippen LogP contribution in [-0.4, -0.2) is 32.5 Å². The zero-order chi connectivity index (χ0) is 18.8. The molecular formula is C17H17ClN3O4S+. The summed E-state index contributed by atoms with van der Waals surface area (Å²) in [5.74, 6) is -2.22.